The molecule has 0 aliphatic rings. The molecule has 0 bridgehead atoms. The van der Waals surface area contributed by atoms with Crippen molar-refractivity contribution in [3.63, 3.8) is 0 Å². The van der Waals surface area contributed by atoms with Gasteiger partial charge < -0.3 is 46.0 Å². The molecule has 0 atom stereocenters. The van der Waals surface area contributed by atoms with E-state index in [-0.39, 0.29) is 27.3 Å². The van der Waals surface area contributed by atoms with Crippen LogP contribution in [0.4, 0.5) is 0 Å². The van der Waals surface area contributed by atoms with Crippen LogP contribution in [0.1, 0.15) is 0 Å². The van der Waals surface area contributed by atoms with E-state index >= 15 is 0 Å². The molecule has 0 rings (SSSR count). The zero-order chi connectivity index (χ0) is 10.7. The topological polar surface area (TPSA) is 199 Å². The van der Waals surface area contributed by atoms with Crippen molar-refractivity contribution in [2.45, 2.75) is 0 Å². The van der Waals surface area contributed by atoms with Gasteiger partial charge in [-0.05, 0) is 0 Å². The van der Waals surface area contributed by atoms with Crippen LogP contribution in [0.2, 0.25) is 0 Å². The first kappa shape index (κ1) is 22.5. The molecule has 0 unspecified atom stereocenters. The molecule has 0 aromatic heterocycles. The largest absolute Gasteiger partial charge is 0.356 e. The molecule has 0 aromatic rings. The number of nitrogens with zero attached hydrogens (tertiary/aromatic N) is 3. The Morgan fingerprint density at radius 3 is 0.538 bits per heavy atom. The first-order chi connectivity index (χ1) is 5.20. The Labute approximate surface area is 88.9 Å². The predicted molar refractivity (Wildman–Crippen MR) is 36.8 cm³/mol. The van der Waals surface area contributed by atoms with E-state index in [4.69, 9.17) is 46.0 Å². The molecule has 4 radical (unpaired) electrons. The molecule has 0 aliphatic heterocycles. The molecule has 0 heterocycles. The van der Waals surface area contributed by atoms with Gasteiger partial charge in [-0.2, -0.15) is 0 Å². The average Bonchev–Trinajstić information content (AvgIpc) is 1.54. The van der Waals surface area contributed by atoms with E-state index in [1.54, 1.807) is 0 Å². The first-order valence-corrected chi connectivity index (χ1v) is 1.64. The molecule has 0 saturated heterocycles. The van der Waals surface area contributed by atoms with Crippen molar-refractivity contribution in [3.05, 3.63) is 46.0 Å². The first-order valence-electron chi connectivity index (χ1n) is 1.64. The van der Waals surface area contributed by atoms with Crippen molar-refractivity contribution < 1.29 is 15.3 Å². The molecule has 13 heavy (non-hydrogen) atoms. The van der Waals surface area contributed by atoms with Crippen molar-refractivity contribution in [2.24, 2.45) is 0 Å². The van der Waals surface area contributed by atoms with Crippen LogP contribution in [0, 0.1) is 46.0 Å². The average molecular weight is 393 g/mol. The van der Waals surface area contributed by atoms with Crippen molar-refractivity contribution in [3.8, 4) is 0 Å². The summed E-state index contributed by atoms with van der Waals surface area (Å²) >= 11 is 0. The predicted octanol–water partition coefficient (Wildman–Crippen LogP) is -1.10. The summed E-state index contributed by atoms with van der Waals surface area (Å²) in [6.07, 6.45) is 0. The molecule has 0 aromatic carbocycles. The van der Waals surface area contributed by atoms with Crippen molar-refractivity contribution in [1.29, 1.82) is 0 Å². The van der Waals surface area contributed by atoms with E-state index in [9.17, 15) is 0 Å². The minimum Gasteiger partial charge on any atom is -0.356 e. The van der Waals surface area contributed by atoms with Crippen LogP contribution >= 0.6 is 0 Å². The Kier molecular flexibility index (Phi) is 29.2. The van der Waals surface area contributed by atoms with Crippen LogP contribution in [0.3, 0.4) is 0 Å². The van der Waals surface area contributed by atoms with Crippen LogP contribution in [0.15, 0.2) is 0 Å². The molecular weight excluding hydrogens is 393 g/mol. The van der Waals surface area contributed by atoms with Crippen molar-refractivity contribution in [1.82, 2.24) is 0 Å². The molecule has 0 saturated carbocycles. The van der Waals surface area contributed by atoms with Gasteiger partial charge in [0.1, 0.15) is 0 Å². The van der Waals surface area contributed by atoms with Crippen molar-refractivity contribution in [2.75, 3.05) is 0 Å². The summed E-state index contributed by atoms with van der Waals surface area (Å²) < 4.78 is 0. The maximum atomic E-state index is 8.25. The Bertz CT molecular complexity index is 112. The molecule has 13 heteroatoms. The molecule has 0 amide bonds. The third kappa shape index (κ3) is 350. The third-order valence-corrected chi connectivity index (χ3v) is 0. The number of hydrogen-bond acceptors (Lipinski definition) is 9. The quantitative estimate of drug-likeness (QED) is 0.278. The van der Waals surface area contributed by atoms with Crippen molar-refractivity contribution >= 4 is 27.3 Å². The van der Waals surface area contributed by atoms with E-state index in [0.29, 0.717) is 0 Å². The van der Waals surface area contributed by atoms with Gasteiger partial charge in [0.2, 0.25) is 0 Å². The SMILES string of the molecule is O=[N+]([O-])[O-].O=[N+]([O-])[O-].O=[N+]([O-])[O-].[Pb]. The third-order valence-electron chi connectivity index (χ3n) is 0. The Morgan fingerprint density at radius 2 is 0.538 bits per heavy atom. The fraction of sp³-hybridized carbons (Fsp3) is 0. The summed E-state index contributed by atoms with van der Waals surface area (Å²) in [5.41, 5.74) is 0. The van der Waals surface area contributed by atoms with Gasteiger partial charge in [0, 0.05) is 27.3 Å². The van der Waals surface area contributed by atoms with E-state index < -0.39 is 15.3 Å². The smallest absolute Gasteiger partial charge is 0.0689 e. The van der Waals surface area contributed by atoms with Crippen LogP contribution in [-0.4, -0.2) is 42.6 Å². The Morgan fingerprint density at radius 1 is 0.538 bits per heavy atom. The maximum Gasteiger partial charge on any atom is 0.0689 e. The van der Waals surface area contributed by atoms with Crippen LogP contribution < -0.4 is 0 Å². The van der Waals surface area contributed by atoms with Gasteiger partial charge in [0.05, 0.1) is 15.3 Å². The van der Waals surface area contributed by atoms with Gasteiger partial charge in [0.25, 0.3) is 0 Å². The minimum atomic E-state index is -1.75. The van der Waals surface area contributed by atoms with Gasteiger partial charge in [-0.3, -0.25) is 0 Å². The summed E-state index contributed by atoms with van der Waals surface area (Å²) in [5.74, 6) is 0. The summed E-state index contributed by atoms with van der Waals surface area (Å²) in [6.45, 7) is 0. The molecular formula is N3O9Pb-3. The Balaban J connectivity index is -0.0000000450. The molecule has 0 N–H and O–H groups in total. The van der Waals surface area contributed by atoms with Gasteiger partial charge in [-0.25, -0.2) is 0 Å². The number of rotatable bonds is 0. The van der Waals surface area contributed by atoms with Crippen LogP contribution in [0.5, 0.6) is 0 Å². The summed E-state index contributed by atoms with van der Waals surface area (Å²) in [4.78, 5) is 24.8. The normalized spacial score (nSPS) is 5.54. The van der Waals surface area contributed by atoms with Gasteiger partial charge >= 0.3 is 0 Å². The minimum absolute atomic E-state index is 0. The second-order valence-corrected chi connectivity index (χ2v) is 0.671. The second kappa shape index (κ2) is 16.9. The fourth-order valence-corrected chi connectivity index (χ4v) is 0. The second-order valence-electron chi connectivity index (χ2n) is 0.671. The van der Waals surface area contributed by atoms with Gasteiger partial charge in [0.15, 0.2) is 0 Å². The zero-order valence-corrected chi connectivity index (χ0v) is 9.40. The van der Waals surface area contributed by atoms with Crippen LogP contribution in [-0.2, 0) is 0 Å². The summed E-state index contributed by atoms with van der Waals surface area (Å²) in [5, 5.41) is 44.2. The van der Waals surface area contributed by atoms with Gasteiger partial charge in [-0.1, -0.05) is 0 Å². The molecule has 0 spiro atoms. The zero-order valence-electron chi connectivity index (χ0n) is 5.52. The van der Waals surface area contributed by atoms with E-state index in [1.165, 1.54) is 0 Å². The standard InChI is InChI=1S/3NO3.Pb/c3*2-1(3)4;/q3*-1;. The molecule has 76 valence electrons. The fourth-order valence-electron chi connectivity index (χ4n) is 0. The van der Waals surface area contributed by atoms with Gasteiger partial charge in [-0.15, -0.1) is 0 Å². The number of hydrogen-bond donors (Lipinski definition) is 0. The van der Waals surface area contributed by atoms with E-state index in [2.05, 4.69) is 0 Å². The monoisotopic (exact) mass is 394 g/mol. The van der Waals surface area contributed by atoms with E-state index in [0.717, 1.165) is 0 Å². The molecule has 12 nitrogen and oxygen atoms in total. The van der Waals surface area contributed by atoms with E-state index in [1.807, 2.05) is 0 Å². The summed E-state index contributed by atoms with van der Waals surface area (Å²) in [6, 6.07) is 0. The maximum absolute atomic E-state index is 8.25. The summed E-state index contributed by atoms with van der Waals surface area (Å²) in [7, 11) is 0. The molecule has 0 aliphatic carbocycles. The van der Waals surface area contributed by atoms with Crippen LogP contribution in [0.25, 0.3) is 0 Å². The Hall–Kier alpha value is -1.48. The molecule has 0 fully saturated rings.